The largest absolute Gasteiger partial charge is 0.417 e. The van der Waals surface area contributed by atoms with Gasteiger partial charge in [0.25, 0.3) is 0 Å². The van der Waals surface area contributed by atoms with Gasteiger partial charge < -0.3 is 10.1 Å². The first-order chi connectivity index (χ1) is 14.0. The normalized spacial score (nSPS) is 15.1. The van der Waals surface area contributed by atoms with Gasteiger partial charge in [0.1, 0.15) is 5.75 Å². The van der Waals surface area contributed by atoms with E-state index < -0.39 is 6.09 Å². The van der Waals surface area contributed by atoms with Gasteiger partial charge in [0, 0.05) is 23.8 Å². The van der Waals surface area contributed by atoms with Crippen LogP contribution in [0.3, 0.4) is 0 Å². The van der Waals surface area contributed by atoms with Gasteiger partial charge in [-0.15, -0.1) is 0 Å². The highest BCUT2D eigenvalue weighted by atomic mass is 16.6. The number of Topliss-reactive ketones (excluding diaryl/α,β-unsaturated/α-hetero) is 1. The van der Waals surface area contributed by atoms with Crippen molar-refractivity contribution in [2.75, 3.05) is 5.32 Å². The summed E-state index contributed by atoms with van der Waals surface area (Å²) in [5.41, 5.74) is 2.16. The van der Waals surface area contributed by atoms with Crippen LogP contribution in [0.15, 0.2) is 48.5 Å². The monoisotopic (exact) mass is 394 g/mol. The minimum Gasteiger partial charge on any atom is -0.410 e. The lowest BCUT2D eigenvalue weighted by atomic mass is 9.99. The Labute approximate surface area is 172 Å². The van der Waals surface area contributed by atoms with Gasteiger partial charge in [-0.25, -0.2) is 4.79 Å². The molecule has 1 unspecified atom stereocenters. The molecule has 0 aromatic heterocycles. The Morgan fingerprint density at radius 3 is 2.52 bits per heavy atom. The van der Waals surface area contributed by atoms with Crippen LogP contribution in [-0.4, -0.2) is 17.9 Å². The Bertz CT molecular complexity index is 829. The molecule has 0 saturated heterocycles. The first-order valence-electron chi connectivity index (χ1n) is 10.4. The van der Waals surface area contributed by atoms with E-state index >= 15 is 0 Å². The maximum absolute atomic E-state index is 12.3. The molecular formula is C24H30N2O3. The Balaban J connectivity index is 1.65. The lowest BCUT2D eigenvalue weighted by Gasteiger charge is -2.19. The number of carbonyl (C=O) groups is 2. The third kappa shape index (κ3) is 6.43. The van der Waals surface area contributed by atoms with E-state index in [0.717, 1.165) is 17.9 Å². The summed E-state index contributed by atoms with van der Waals surface area (Å²) in [4.78, 5) is 24.1. The number of anilines is 1. The van der Waals surface area contributed by atoms with Crippen molar-refractivity contribution < 1.29 is 14.3 Å². The van der Waals surface area contributed by atoms with Crippen LogP contribution in [0.2, 0.25) is 0 Å². The average Bonchev–Trinajstić information content (AvgIpc) is 3.20. The van der Waals surface area contributed by atoms with E-state index in [4.69, 9.17) is 4.74 Å². The number of rotatable bonds is 8. The molecule has 0 aliphatic heterocycles. The van der Waals surface area contributed by atoms with Gasteiger partial charge in [-0.2, -0.15) is 0 Å². The number of ketones is 1. The number of ether oxygens (including phenoxy) is 1. The third-order valence-corrected chi connectivity index (χ3v) is 5.50. The molecule has 1 fully saturated rings. The molecule has 0 radical (unpaired) electrons. The topological polar surface area (TPSA) is 67.4 Å². The first kappa shape index (κ1) is 21.1. The van der Waals surface area contributed by atoms with Gasteiger partial charge in [-0.3, -0.25) is 10.1 Å². The molecular weight excluding hydrogens is 364 g/mol. The highest BCUT2D eigenvalue weighted by molar-refractivity contribution is 5.95. The number of hydrogen-bond donors (Lipinski definition) is 2. The maximum Gasteiger partial charge on any atom is 0.417 e. The fourth-order valence-corrected chi connectivity index (χ4v) is 3.93. The van der Waals surface area contributed by atoms with Crippen LogP contribution in [0.25, 0.3) is 0 Å². The second-order valence-corrected chi connectivity index (χ2v) is 7.92. The summed E-state index contributed by atoms with van der Waals surface area (Å²) in [6, 6.07) is 14.7. The van der Waals surface area contributed by atoms with Crippen molar-refractivity contribution in [1.29, 1.82) is 0 Å². The van der Waals surface area contributed by atoms with E-state index in [1.54, 1.807) is 31.2 Å². The van der Waals surface area contributed by atoms with Gasteiger partial charge in [0.2, 0.25) is 0 Å². The standard InChI is InChI=1S/C24H30N2O3/c1-17(14-19-8-6-7-9-19)25-16-21-15-20(18(2)27)12-13-23(21)26-24(28)29-22-10-4-3-5-11-22/h3-5,10-13,15,17,19,25H,6-9,14,16H2,1-2H3,(H,26,28). The van der Waals surface area contributed by atoms with Crippen LogP contribution in [0.1, 0.15) is 61.9 Å². The number of hydrogen-bond acceptors (Lipinski definition) is 4. The van der Waals surface area contributed by atoms with E-state index in [1.165, 1.54) is 25.7 Å². The summed E-state index contributed by atoms with van der Waals surface area (Å²) in [6.07, 6.45) is 5.94. The summed E-state index contributed by atoms with van der Waals surface area (Å²) in [7, 11) is 0. The highest BCUT2D eigenvalue weighted by Gasteiger charge is 2.18. The molecule has 3 rings (SSSR count). The number of carbonyl (C=O) groups excluding carboxylic acids is 2. The minimum absolute atomic E-state index is 0.00339. The van der Waals surface area contributed by atoms with Crippen molar-refractivity contribution in [3.05, 3.63) is 59.7 Å². The molecule has 29 heavy (non-hydrogen) atoms. The first-order valence-corrected chi connectivity index (χ1v) is 10.4. The predicted octanol–water partition coefficient (Wildman–Crippen LogP) is 5.56. The van der Waals surface area contributed by atoms with Gasteiger partial charge in [0.05, 0.1) is 0 Å². The number of amides is 1. The van der Waals surface area contributed by atoms with Crippen LogP contribution in [0.4, 0.5) is 10.5 Å². The van der Waals surface area contributed by atoms with E-state index in [0.29, 0.717) is 29.6 Å². The second kappa shape index (κ2) is 10.2. The summed E-state index contributed by atoms with van der Waals surface area (Å²) in [5.74, 6) is 1.29. The van der Waals surface area contributed by atoms with Crippen molar-refractivity contribution in [2.24, 2.45) is 5.92 Å². The molecule has 5 heteroatoms. The Morgan fingerprint density at radius 2 is 1.83 bits per heavy atom. The van der Waals surface area contributed by atoms with Crippen LogP contribution in [0.5, 0.6) is 5.75 Å². The lowest BCUT2D eigenvalue weighted by Crippen LogP contribution is -2.28. The lowest BCUT2D eigenvalue weighted by molar-refractivity contribution is 0.101. The molecule has 0 spiro atoms. The van der Waals surface area contributed by atoms with E-state index in [-0.39, 0.29) is 5.78 Å². The van der Waals surface area contributed by atoms with Gasteiger partial charge in [0.15, 0.2) is 5.78 Å². The van der Waals surface area contributed by atoms with Crippen molar-refractivity contribution >= 4 is 17.6 Å². The molecule has 2 aromatic carbocycles. The van der Waals surface area contributed by atoms with Gasteiger partial charge in [-0.05, 0) is 62.1 Å². The van der Waals surface area contributed by atoms with E-state index in [1.807, 2.05) is 24.3 Å². The third-order valence-electron chi connectivity index (χ3n) is 5.50. The fourth-order valence-electron chi connectivity index (χ4n) is 3.93. The van der Waals surface area contributed by atoms with Gasteiger partial charge >= 0.3 is 6.09 Å². The summed E-state index contributed by atoms with van der Waals surface area (Å²) in [5, 5.41) is 6.36. The quantitative estimate of drug-likeness (QED) is 0.575. The molecule has 1 aliphatic carbocycles. The van der Waals surface area contributed by atoms with Crippen molar-refractivity contribution in [3.8, 4) is 5.75 Å². The maximum atomic E-state index is 12.3. The van der Waals surface area contributed by atoms with Crippen LogP contribution in [-0.2, 0) is 6.54 Å². The average molecular weight is 395 g/mol. The molecule has 1 aliphatic rings. The molecule has 0 bridgehead atoms. The highest BCUT2D eigenvalue weighted by Crippen LogP contribution is 2.28. The molecule has 1 atom stereocenters. The Kier molecular flexibility index (Phi) is 7.42. The van der Waals surface area contributed by atoms with Crippen molar-refractivity contribution in [3.63, 3.8) is 0 Å². The fraction of sp³-hybridized carbons (Fsp3) is 0.417. The van der Waals surface area contributed by atoms with E-state index in [9.17, 15) is 9.59 Å². The van der Waals surface area contributed by atoms with Crippen LogP contribution in [0, 0.1) is 5.92 Å². The Morgan fingerprint density at radius 1 is 1.10 bits per heavy atom. The molecule has 2 N–H and O–H groups in total. The zero-order chi connectivity index (χ0) is 20.6. The smallest absolute Gasteiger partial charge is 0.410 e. The molecule has 2 aromatic rings. The molecule has 154 valence electrons. The van der Waals surface area contributed by atoms with Gasteiger partial charge in [-0.1, -0.05) is 43.9 Å². The number of nitrogens with one attached hydrogen (secondary N) is 2. The van der Waals surface area contributed by atoms with Crippen LogP contribution >= 0.6 is 0 Å². The predicted molar refractivity (Wildman–Crippen MR) is 115 cm³/mol. The number of para-hydroxylation sites is 1. The second-order valence-electron chi connectivity index (χ2n) is 7.92. The SMILES string of the molecule is CC(=O)c1ccc(NC(=O)Oc2ccccc2)c(CNC(C)CC2CCCC2)c1. The zero-order valence-electron chi connectivity index (χ0n) is 17.2. The summed E-state index contributed by atoms with van der Waals surface area (Å²) < 4.78 is 5.33. The summed E-state index contributed by atoms with van der Waals surface area (Å²) in [6.45, 7) is 4.33. The van der Waals surface area contributed by atoms with E-state index in [2.05, 4.69) is 17.6 Å². The molecule has 1 amide bonds. The van der Waals surface area contributed by atoms with Crippen molar-refractivity contribution in [2.45, 2.75) is 58.5 Å². The van der Waals surface area contributed by atoms with Crippen molar-refractivity contribution in [1.82, 2.24) is 5.32 Å². The number of benzene rings is 2. The molecule has 5 nitrogen and oxygen atoms in total. The molecule has 1 saturated carbocycles. The molecule has 0 heterocycles. The zero-order valence-corrected chi connectivity index (χ0v) is 17.2. The minimum atomic E-state index is -0.549. The Hall–Kier alpha value is -2.66. The summed E-state index contributed by atoms with van der Waals surface area (Å²) >= 11 is 0. The van der Waals surface area contributed by atoms with Crippen LogP contribution < -0.4 is 15.4 Å².